The Morgan fingerprint density at radius 3 is 2.42 bits per heavy atom. The number of aromatic nitrogens is 2. The van der Waals surface area contributed by atoms with Gasteiger partial charge in [0.15, 0.2) is 0 Å². The number of nitrogens with zero attached hydrogens (tertiary/aromatic N) is 1. The number of rotatable bonds is 4. The highest BCUT2D eigenvalue weighted by atomic mass is 32.2. The van der Waals surface area contributed by atoms with E-state index in [4.69, 9.17) is 5.11 Å². The van der Waals surface area contributed by atoms with E-state index in [1.165, 1.54) is 12.1 Å². The second-order valence-corrected chi connectivity index (χ2v) is 5.96. The molecule has 0 saturated heterocycles. The van der Waals surface area contributed by atoms with Gasteiger partial charge < -0.3 is 5.11 Å². The number of phenols is 1. The Bertz CT molecular complexity index is 655. The van der Waals surface area contributed by atoms with E-state index in [-0.39, 0.29) is 17.2 Å². The molecule has 0 bridgehead atoms. The van der Waals surface area contributed by atoms with Gasteiger partial charge in [-0.2, -0.15) is 5.10 Å². The number of hydrogen-bond acceptors (Lipinski definition) is 4. The SMILES string of the molecule is Cc1n[nH]c(C)c1S(=O)(=O)NCc1ccc(O)cc1. The zero-order valence-corrected chi connectivity index (χ0v) is 11.5. The quantitative estimate of drug-likeness (QED) is 0.785. The molecule has 0 amide bonds. The molecule has 1 heterocycles. The average molecular weight is 281 g/mol. The van der Waals surface area contributed by atoms with E-state index in [1.807, 2.05) is 0 Å². The summed E-state index contributed by atoms with van der Waals surface area (Å²) in [6.07, 6.45) is 0. The van der Waals surface area contributed by atoms with E-state index in [2.05, 4.69) is 14.9 Å². The molecular formula is C12H15N3O3S. The van der Waals surface area contributed by atoms with Crippen LogP contribution in [0.1, 0.15) is 17.0 Å². The number of phenolic OH excluding ortho intramolecular Hbond substituents is 1. The summed E-state index contributed by atoms with van der Waals surface area (Å²) in [7, 11) is -3.59. The highest BCUT2D eigenvalue weighted by molar-refractivity contribution is 7.89. The lowest BCUT2D eigenvalue weighted by molar-refractivity contribution is 0.475. The predicted molar refractivity (Wildman–Crippen MR) is 70.2 cm³/mol. The highest BCUT2D eigenvalue weighted by Crippen LogP contribution is 2.17. The second-order valence-electron chi connectivity index (χ2n) is 4.25. The van der Waals surface area contributed by atoms with Gasteiger partial charge in [-0.25, -0.2) is 13.1 Å². The standard InChI is InChI=1S/C12H15N3O3S/c1-8-12(9(2)15-14-8)19(17,18)13-7-10-3-5-11(16)6-4-10/h3-6,13,16H,7H2,1-2H3,(H,14,15). The normalized spacial score (nSPS) is 11.7. The molecule has 0 spiro atoms. The van der Waals surface area contributed by atoms with Crippen LogP contribution >= 0.6 is 0 Å². The molecule has 0 unspecified atom stereocenters. The van der Waals surface area contributed by atoms with Crippen LogP contribution in [-0.4, -0.2) is 23.7 Å². The first kappa shape index (κ1) is 13.6. The molecule has 0 aliphatic carbocycles. The van der Waals surface area contributed by atoms with Crippen molar-refractivity contribution in [3.63, 3.8) is 0 Å². The van der Waals surface area contributed by atoms with E-state index in [9.17, 15) is 8.42 Å². The van der Waals surface area contributed by atoms with Gasteiger partial charge in [-0.1, -0.05) is 12.1 Å². The van der Waals surface area contributed by atoms with Crippen LogP contribution < -0.4 is 4.72 Å². The van der Waals surface area contributed by atoms with Crippen LogP contribution in [0, 0.1) is 13.8 Å². The van der Waals surface area contributed by atoms with E-state index >= 15 is 0 Å². The third-order valence-electron chi connectivity index (χ3n) is 2.73. The summed E-state index contributed by atoms with van der Waals surface area (Å²) in [6, 6.07) is 6.34. The molecule has 0 atom stereocenters. The molecule has 0 saturated carbocycles. The number of nitrogens with one attached hydrogen (secondary N) is 2. The Morgan fingerprint density at radius 2 is 1.89 bits per heavy atom. The van der Waals surface area contributed by atoms with Crippen LogP contribution in [0.15, 0.2) is 29.2 Å². The molecule has 0 aliphatic heterocycles. The van der Waals surface area contributed by atoms with E-state index in [0.717, 1.165) is 5.56 Å². The van der Waals surface area contributed by atoms with E-state index < -0.39 is 10.0 Å². The molecule has 0 radical (unpaired) electrons. The van der Waals surface area contributed by atoms with Crippen molar-refractivity contribution in [2.75, 3.05) is 0 Å². The molecule has 1 aromatic carbocycles. The number of aromatic hydroxyl groups is 1. The molecule has 6 nitrogen and oxygen atoms in total. The minimum Gasteiger partial charge on any atom is -0.508 e. The summed E-state index contributed by atoms with van der Waals surface area (Å²) in [5.74, 6) is 0.146. The lowest BCUT2D eigenvalue weighted by Gasteiger charge is -2.07. The summed E-state index contributed by atoms with van der Waals surface area (Å²) in [5, 5.41) is 15.7. The van der Waals surface area contributed by atoms with Crippen molar-refractivity contribution in [3.8, 4) is 5.75 Å². The minimum absolute atomic E-state index is 0.146. The lowest BCUT2D eigenvalue weighted by atomic mass is 10.2. The van der Waals surface area contributed by atoms with Gasteiger partial charge >= 0.3 is 0 Å². The number of hydrogen-bond donors (Lipinski definition) is 3. The van der Waals surface area contributed by atoms with Gasteiger partial charge in [0.25, 0.3) is 0 Å². The number of aromatic amines is 1. The van der Waals surface area contributed by atoms with Crippen molar-refractivity contribution < 1.29 is 13.5 Å². The first-order chi connectivity index (χ1) is 8.90. The zero-order valence-electron chi connectivity index (χ0n) is 10.6. The maximum absolute atomic E-state index is 12.2. The Kier molecular flexibility index (Phi) is 3.59. The smallest absolute Gasteiger partial charge is 0.244 e. The molecule has 19 heavy (non-hydrogen) atoms. The molecular weight excluding hydrogens is 266 g/mol. The first-order valence-corrected chi connectivity index (χ1v) is 7.17. The van der Waals surface area contributed by atoms with Gasteiger partial charge in [-0.15, -0.1) is 0 Å². The molecule has 3 N–H and O–H groups in total. The molecule has 7 heteroatoms. The molecule has 0 aliphatic rings. The number of benzene rings is 1. The van der Waals surface area contributed by atoms with Crippen molar-refractivity contribution in [3.05, 3.63) is 41.2 Å². The number of aryl methyl sites for hydroxylation is 2. The minimum atomic E-state index is -3.59. The lowest BCUT2D eigenvalue weighted by Crippen LogP contribution is -2.24. The maximum atomic E-state index is 12.2. The fourth-order valence-corrected chi connectivity index (χ4v) is 3.19. The summed E-state index contributed by atoms with van der Waals surface area (Å²) >= 11 is 0. The van der Waals surface area contributed by atoms with Gasteiger partial charge in [0.2, 0.25) is 10.0 Å². The third-order valence-corrected chi connectivity index (χ3v) is 4.40. The van der Waals surface area contributed by atoms with Crippen LogP contribution in [0.3, 0.4) is 0 Å². The molecule has 0 fully saturated rings. The van der Waals surface area contributed by atoms with E-state index in [0.29, 0.717) is 11.4 Å². The average Bonchev–Trinajstić information content (AvgIpc) is 2.69. The summed E-state index contributed by atoms with van der Waals surface area (Å²) in [6.45, 7) is 3.46. The Hall–Kier alpha value is -1.86. The van der Waals surface area contributed by atoms with Crippen molar-refractivity contribution in [1.82, 2.24) is 14.9 Å². The van der Waals surface area contributed by atoms with Gasteiger partial charge in [0.05, 0.1) is 11.4 Å². The monoisotopic (exact) mass is 281 g/mol. The summed E-state index contributed by atoms with van der Waals surface area (Å²) < 4.78 is 26.8. The first-order valence-electron chi connectivity index (χ1n) is 5.69. The fourth-order valence-electron chi connectivity index (χ4n) is 1.80. The number of H-pyrrole nitrogens is 1. The molecule has 102 valence electrons. The zero-order chi connectivity index (χ0) is 14.0. The van der Waals surface area contributed by atoms with Gasteiger partial charge in [0.1, 0.15) is 10.6 Å². The Labute approximate surface area is 111 Å². The van der Waals surface area contributed by atoms with E-state index in [1.54, 1.807) is 26.0 Å². The predicted octanol–water partition coefficient (Wildman–Crippen LogP) is 1.21. The highest BCUT2D eigenvalue weighted by Gasteiger charge is 2.21. The van der Waals surface area contributed by atoms with Crippen molar-refractivity contribution >= 4 is 10.0 Å². The van der Waals surface area contributed by atoms with Crippen LogP contribution in [-0.2, 0) is 16.6 Å². The second kappa shape index (κ2) is 5.02. The fraction of sp³-hybridized carbons (Fsp3) is 0.250. The van der Waals surface area contributed by atoms with Crippen LogP contribution in [0.25, 0.3) is 0 Å². The summed E-state index contributed by atoms with van der Waals surface area (Å²) in [4.78, 5) is 0.186. The van der Waals surface area contributed by atoms with Crippen molar-refractivity contribution in [2.24, 2.45) is 0 Å². The molecule has 2 aromatic rings. The van der Waals surface area contributed by atoms with Gasteiger partial charge in [0, 0.05) is 6.54 Å². The third kappa shape index (κ3) is 2.94. The van der Waals surface area contributed by atoms with Gasteiger partial charge in [-0.05, 0) is 31.5 Å². The Balaban J connectivity index is 2.17. The van der Waals surface area contributed by atoms with Crippen molar-refractivity contribution in [2.45, 2.75) is 25.3 Å². The largest absolute Gasteiger partial charge is 0.508 e. The van der Waals surface area contributed by atoms with Crippen LogP contribution in [0.5, 0.6) is 5.75 Å². The molecule has 1 aromatic heterocycles. The molecule has 2 rings (SSSR count). The van der Waals surface area contributed by atoms with Crippen LogP contribution in [0.4, 0.5) is 0 Å². The van der Waals surface area contributed by atoms with Gasteiger partial charge in [-0.3, -0.25) is 5.10 Å². The summed E-state index contributed by atoms with van der Waals surface area (Å²) in [5.41, 5.74) is 1.71. The Morgan fingerprint density at radius 1 is 1.26 bits per heavy atom. The van der Waals surface area contributed by atoms with Crippen molar-refractivity contribution in [1.29, 1.82) is 0 Å². The topological polar surface area (TPSA) is 95.1 Å². The maximum Gasteiger partial charge on any atom is 0.244 e. The number of sulfonamides is 1. The van der Waals surface area contributed by atoms with Crippen LogP contribution in [0.2, 0.25) is 0 Å².